The maximum Gasteiger partial charge on any atom is 0.410 e. The summed E-state index contributed by atoms with van der Waals surface area (Å²) in [6, 6.07) is 3.10. The third-order valence-electron chi connectivity index (χ3n) is 4.07. The lowest BCUT2D eigenvalue weighted by Crippen LogP contribution is -2.50. The fourth-order valence-corrected chi connectivity index (χ4v) is 2.93. The number of carbonyl (C=O) groups is 2. The van der Waals surface area contributed by atoms with Crippen LogP contribution in [0.5, 0.6) is 0 Å². The van der Waals surface area contributed by atoms with Crippen molar-refractivity contribution in [2.24, 2.45) is 0 Å². The zero-order valence-corrected chi connectivity index (χ0v) is 14.2. The Labute approximate surface area is 140 Å². The SMILES string of the molecule is CC(C)(C)OC(=O)N1CCN(c2cc3c(cc2F)CC(=O)N3)CC1. The highest BCUT2D eigenvalue weighted by atomic mass is 19.1. The number of ether oxygens (including phenoxy) is 1. The van der Waals surface area contributed by atoms with E-state index in [-0.39, 0.29) is 24.2 Å². The van der Waals surface area contributed by atoms with Crippen LogP contribution in [0.4, 0.5) is 20.6 Å². The van der Waals surface area contributed by atoms with E-state index in [0.717, 1.165) is 0 Å². The second-order valence-electron chi connectivity index (χ2n) is 7.14. The number of amides is 2. The van der Waals surface area contributed by atoms with E-state index >= 15 is 0 Å². The van der Waals surface area contributed by atoms with Crippen molar-refractivity contribution >= 4 is 23.4 Å². The molecule has 1 fully saturated rings. The van der Waals surface area contributed by atoms with Crippen LogP contribution in [0.1, 0.15) is 26.3 Å². The molecule has 1 N–H and O–H groups in total. The number of hydrogen-bond acceptors (Lipinski definition) is 4. The van der Waals surface area contributed by atoms with Gasteiger partial charge in [-0.2, -0.15) is 0 Å². The highest BCUT2D eigenvalue weighted by Gasteiger charge is 2.28. The van der Waals surface area contributed by atoms with E-state index in [1.54, 1.807) is 11.0 Å². The van der Waals surface area contributed by atoms with Crippen molar-refractivity contribution in [3.63, 3.8) is 0 Å². The zero-order valence-electron chi connectivity index (χ0n) is 14.2. The summed E-state index contributed by atoms with van der Waals surface area (Å²) in [4.78, 5) is 27.0. The molecule has 0 saturated carbocycles. The van der Waals surface area contributed by atoms with Crippen LogP contribution in [-0.2, 0) is 16.0 Å². The number of nitrogens with zero attached hydrogens (tertiary/aromatic N) is 2. The third-order valence-corrected chi connectivity index (χ3v) is 4.07. The van der Waals surface area contributed by atoms with Crippen molar-refractivity contribution < 1.29 is 18.7 Å². The molecule has 1 aromatic rings. The van der Waals surface area contributed by atoms with Gasteiger partial charge in [0.15, 0.2) is 0 Å². The quantitative estimate of drug-likeness (QED) is 0.856. The van der Waals surface area contributed by atoms with Gasteiger partial charge in [0, 0.05) is 31.9 Å². The molecule has 1 aromatic carbocycles. The van der Waals surface area contributed by atoms with E-state index in [1.807, 2.05) is 25.7 Å². The molecule has 2 aliphatic heterocycles. The highest BCUT2D eigenvalue weighted by molar-refractivity contribution is 5.99. The predicted molar refractivity (Wildman–Crippen MR) is 88.8 cm³/mol. The van der Waals surface area contributed by atoms with Crippen molar-refractivity contribution in [2.75, 3.05) is 36.4 Å². The Hall–Kier alpha value is -2.31. The molecule has 6 nitrogen and oxygen atoms in total. The molecule has 3 rings (SSSR count). The molecule has 2 aliphatic rings. The Morgan fingerprint density at radius 1 is 1.21 bits per heavy atom. The average Bonchev–Trinajstić information content (AvgIpc) is 2.84. The Bertz CT molecular complexity index is 676. The van der Waals surface area contributed by atoms with Crippen molar-refractivity contribution in [3.8, 4) is 0 Å². The van der Waals surface area contributed by atoms with E-state index in [2.05, 4.69) is 5.32 Å². The van der Waals surface area contributed by atoms with Crippen LogP contribution in [0.3, 0.4) is 0 Å². The number of benzene rings is 1. The lowest BCUT2D eigenvalue weighted by Gasteiger charge is -2.37. The standard InChI is InChI=1S/C17H22FN3O3/c1-17(2,3)24-16(23)21-6-4-20(5-7-21)14-10-13-11(8-12(14)18)9-15(22)19-13/h8,10H,4-7,9H2,1-3H3,(H,19,22). The summed E-state index contributed by atoms with van der Waals surface area (Å²) >= 11 is 0. The minimum atomic E-state index is -0.529. The van der Waals surface area contributed by atoms with Crippen LogP contribution in [0.25, 0.3) is 0 Å². The molecular weight excluding hydrogens is 313 g/mol. The summed E-state index contributed by atoms with van der Waals surface area (Å²) in [7, 11) is 0. The molecule has 7 heteroatoms. The van der Waals surface area contributed by atoms with Crippen LogP contribution in [0.2, 0.25) is 0 Å². The van der Waals surface area contributed by atoms with Crippen molar-refractivity contribution in [1.29, 1.82) is 0 Å². The summed E-state index contributed by atoms with van der Waals surface area (Å²) in [5, 5.41) is 2.74. The molecule has 0 aliphatic carbocycles. The summed E-state index contributed by atoms with van der Waals surface area (Å²) in [6.07, 6.45) is -0.122. The second kappa shape index (κ2) is 5.96. The molecule has 0 spiro atoms. The molecule has 0 atom stereocenters. The van der Waals surface area contributed by atoms with E-state index in [4.69, 9.17) is 4.74 Å². The predicted octanol–water partition coefficient (Wildman–Crippen LogP) is 2.38. The zero-order chi connectivity index (χ0) is 17.5. The van der Waals surface area contributed by atoms with Crippen molar-refractivity contribution in [3.05, 3.63) is 23.5 Å². The van der Waals surface area contributed by atoms with E-state index in [9.17, 15) is 14.0 Å². The van der Waals surface area contributed by atoms with Gasteiger partial charge in [0.2, 0.25) is 5.91 Å². The van der Waals surface area contributed by atoms with E-state index in [0.29, 0.717) is 43.1 Å². The van der Waals surface area contributed by atoms with Crippen LogP contribution in [0, 0.1) is 5.82 Å². The monoisotopic (exact) mass is 335 g/mol. The van der Waals surface area contributed by atoms with Gasteiger partial charge >= 0.3 is 6.09 Å². The van der Waals surface area contributed by atoms with E-state index in [1.165, 1.54) is 6.07 Å². The summed E-state index contributed by atoms with van der Waals surface area (Å²) in [5.41, 5.74) is 1.29. The molecule has 1 saturated heterocycles. The van der Waals surface area contributed by atoms with Gasteiger partial charge in [0.1, 0.15) is 11.4 Å². The first kappa shape index (κ1) is 16.5. The molecule has 0 aromatic heterocycles. The fourth-order valence-electron chi connectivity index (χ4n) is 2.93. The Morgan fingerprint density at radius 2 is 1.88 bits per heavy atom. The largest absolute Gasteiger partial charge is 0.444 e. The van der Waals surface area contributed by atoms with Crippen LogP contribution in [-0.4, -0.2) is 48.7 Å². The number of rotatable bonds is 1. The number of halogens is 1. The lowest BCUT2D eigenvalue weighted by molar-refractivity contribution is -0.115. The summed E-state index contributed by atoms with van der Waals surface area (Å²) in [6.45, 7) is 7.46. The van der Waals surface area contributed by atoms with Gasteiger partial charge in [-0.3, -0.25) is 4.79 Å². The van der Waals surface area contributed by atoms with Crippen LogP contribution >= 0.6 is 0 Å². The minimum Gasteiger partial charge on any atom is -0.444 e. The Morgan fingerprint density at radius 3 is 2.50 bits per heavy atom. The van der Waals surface area contributed by atoms with Gasteiger partial charge in [-0.15, -0.1) is 0 Å². The van der Waals surface area contributed by atoms with Gasteiger partial charge in [0.25, 0.3) is 0 Å². The molecule has 2 heterocycles. The van der Waals surface area contributed by atoms with Gasteiger partial charge in [0.05, 0.1) is 12.1 Å². The van der Waals surface area contributed by atoms with Crippen molar-refractivity contribution in [2.45, 2.75) is 32.8 Å². The first-order valence-electron chi connectivity index (χ1n) is 8.08. The van der Waals surface area contributed by atoms with Gasteiger partial charge in [-0.1, -0.05) is 0 Å². The van der Waals surface area contributed by atoms with E-state index < -0.39 is 5.60 Å². The smallest absolute Gasteiger partial charge is 0.410 e. The molecule has 0 bridgehead atoms. The molecule has 0 radical (unpaired) electrons. The molecule has 24 heavy (non-hydrogen) atoms. The normalized spacial score (nSPS) is 17.6. The van der Waals surface area contributed by atoms with Gasteiger partial charge in [-0.25, -0.2) is 9.18 Å². The molecule has 0 unspecified atom stereocenters. The summed E-state index contributed by atoms with van der Waals surface area (Å²) < 4.78 is 19.7. The lowest BCUT2D eigenvalue weighted by atomic mass is 10.1. The maximum atomic E-state index is 14.3. The highest BCUT2D eigenvalue weighted by Crippen LogP contribution is 2.31. The molecular formula is C17H22FN3O3. The number of carbonyl (C=O) groups excluding carboxylic acids is 2. The first-order valence-corrected chi connectivity index (χ1v) is 8.08. The van der Waals surface area contributed by atoms with Crippen molar-refractivity contribution in [1.82, 2.24) is 4.90 Å². The number of piperazine rings is 1. The van der Waals surface area contributed by atoms with Crippen LogP contribution < -0.4 is 10.2 Å². The molecule has 2 amide bonds. The minimum absolute atomic E-state index is 0.115. The fraction of sp³-hybridized carbons (Fsp3) is 0.529. The Kier molecular flexibility index (Phi) is 4.11. The number of hydrogen-bond donors (Lipinski definition) is 1. The first-order chi connectivity index (χ1) is 11.2. The average molecular weight is 335 g/mol. The number of anilines is 2. The summed E-state index contributed by atoms with van der Waals surface area (Å²) in [5.74, 6) is -0.452. The van der Waals surface area contributed by atoms with Gasteiger partial charge in [-0.05, 0) is 38.5 Å². The third kappa shape index (κ3) is 3.44. The second-order valence-corrected chi connectivity index (χ2v) is 7.14. The number of nitrogens with one attached hydrogen (secondary N) is 1. The Balaban J connectivity index is 1.66. The molecule has 130 valence electrons. The van der Waals surface area contributed by atoms with Gasteiger partial charge < -0.3 is 19.9 Å². The maximum absolute atomic E-state index is 14.3. The topological polar surface area (TPSA) is 61.9 Å². The van der Waals surface area contributed by atoms with Crippen LogP contribution in [0.15, 0.2) is 12.1 Å². The number of fused-ring (bicyclic) bond motifs is 1.